The molecule has 1 amide bonds. The molecule has 0 radical (unpaired) electrons. The van der Waals surface area contributed by atoms with Crippen LogP contribution < -0.4 is 10.6 Å². The highest BCUT2D eigenvalue weighted by Gasteiger charge is 2.21. The molecule has 1 fully saturated rings. The van der Waals surface area contributed by atoms with Crippen molar-refractivity contribution in [3.05, 3.63) is 0 Å². The fourth-order valence-electron chi connectivity index (χ4n) is 1.26. The van der Waals surface area contributed by atoms with Gasteiger partial charge in [0, 0.05) is 18.3 Å². The molecule has 1 aliphatic carbocycles. The van der Waals surface area contributed by atoms with Crippen LogP contribution in [0.25, 0.3) is 0 Å². The maximum atomic E-state index is 11.4. The van der Waals surface area contributed by atoms with Crippen LogP contribution in [0.5, 0.6) is 0 Å². The maximum absolute atomic E-state index is 11.4. The van der Waals surface area contributed by atoms with E-state index in [1.54, 1.807) is 0 Å². The minimum Gasteiger partial charge on any atom is -0.355 e. The molecule has 0 spiro atoms. The van der Waals surface area contributed by atoms with Gasteiger partial charge in [0.05, 0.1) is 6.54 Å². The summed E-state index contributed by atoms with van der Waals surface area (Å²) < 4.78 is 0. The molecular weight excluding hydrogens is 208 g/mol. The monoisotopic (exact) mass is 230 g/mol. The van der Waals surface area contributed by atoms with E-state index in [4.69, 9.17) is 0 Å². The Morgan fingerprint density at radius 3 is 2.87 bits per heavy atom. The summed E-state index contributed by atoms with van der Waals surface area (Å²) in [6.45, 7) is 5.60. The number of hydrogen-bond donors (Lipinski definition) is 2. The van der Waals surface area contributed by atoms with Gasteiger partial charge in [-0.05, 0) is 31.4 Å². The van der Waals surface area contributed by atoms with E-state index in [2.05, 4.69) is 24.5 Å². The van der Waals surface area contributed by atoms with E-state index in [9.17, 15) is 4.79 Å². The number of carbonyl (C=O) groups is 1. The topological polar surface area (TPSA) is 41.1 Å². The highest BCUT2D eigenvalue weighted by molar-refractivity contribution is 7.99. The van der Waals surface area contributed by atoms with Crippen LogP contribution in [0.4, 0.5) is 0 Å². The van der Waals surface area contributed by atoms with Crippen LogP contribution in [-0.2, 0) is 4.79 Å². The van der Waals surface area contributed by atoms with Gasteiger partial charge in [-0.3, -0.25) is 4.79 Å². The lowest BCUT2D eigenvalue weighted by atomic mass is 10.3. The van der Waals surface area contributed by atoms with Gasteiger partial charge in [0.25, 0.3) is 0 Å². The minimum atomic E-state index is 0.134. The Morgan fingerprint density at radius 1 is 1.53 bits per heavy atom. The van der Waals surface area contributed by atoms with Gasteiger partial charge in [0.2, 0.25) is 5.91 Å². The van der Waals surface area contributed by atoms with Gasteiger partial charge >= 0.3 is 0 Å². The smallest absolute Gasteiger partial charge is 0.233 e. The van der Waals surface area contributed by atoms with Gasteiger partial charge in [0.15, 0.2) is 0 Å². The highest BCUT2D eigenvalue weighted by Crippen LogP contribution is 2.27. The van der Waals surface area contributed by atoms with E-state index >= 15 is 0 Å². The molecule has 0 aromatic carbocycles. The summed E-state index contributed by atoms with van der Waals surface area (Å²) >= 11 is 1.90. The molecule has 3 nitrogen and oxygen atoms in total. The summed E-state index contributed by atoms with van der Waals surface area (Å²) in [5.41, 5.74) is 0. The van der Waals surface area contributed by atoms with E-state index in [-0.39, 0.29) is 5.91 Å². The van der Waals surface area contributed by atoms with Crippen molar-refractivity contribution in [1.82, 2.24) is 10.6 Å². The zero-order chi connectivity index (χ0) is 11.1. The zero-order valence-corrected chi connectivity index (χ0v) is 10.5. The Morgan fingerprint density at radius 2 is 2.27 bits per heavy atom. The molecule has 0 saturated heterocycles. The van der Waals surface area contributed by atoms with Crippen LogP contribution in [0.1, 0.15) is 26.7 Å². The molecule has 1 atom stereocenters. The Kier molecular flexibility index (Phi) is 6.10. The van der Waals surface area contributed by atoms with Gasteiger partial charge in [-0.2, -0.15) is 11.8 Å². The molecule has 0 aromatic rings. The third kappa shape index (κ3) is 6.79. The maximum Gasteiger partial charge on any atom is 0.233 e. The van der Waals surface area contributed by atoms with Crippen molar-refractivity contribution in [2.45, 2.75) is 32.7 Å². The highest BCUT2D eigenvalue weighted by atomic mass is 32.2. The number of carbonyl (C=O) groups excluding carboxylic acids is 1. The summed E-state index contributed by atoms with van der Waals surface area (Å²) in [4.78, 5) is 11.4. The Bertz CT molecular complexity index is 195. The Balaban J connectivity index is 1.94. The van der Waals surface area contributed by atoms with Crippen molar-refractivity contribution < 1.29 is 4.79 Å². The average molecular weight is 230 g/mol. The summed E-state index contributed by atoms with van der Waals surface area (Å²) in [5.74, 6) is 3.11. The van der Waals surface area contributed by atoms with Crippen molar-refractivity contribution in [3.8, 4) is 0 Å². The SMILES string of the molecule is CCSCC(C)NCC(=O)NCC1CC1. The summed E-state index contributed by atoms with van der Waals surface area (Å²) in [6.07, 6.45) is 2.58. The van der Waals surface area contributed by atoms with Crippen LogP contribution in [0.2, 0.25) is 0 Å². The molecule has 1 unspecified atom stereocenters. The molecule has 1 rings (SSSR count). The molecular formula is C11H22N2OS. The molecule has 0 aromatic heterocycles. The molecule has 4 heteroatoms. The van der Waals surface area contributed by atoms with E-state index in [0.717, 1.165) is 24.0 Å². The molecule has 0 aliphatic heterocycles. The van der Waals surface area contributed by atoms with E-state index in [1.807, 2.05) is 11.8 Å². The summed E-state index contributed by atoms with van der Waals surface area (Å²) in [5, 5.41) is 6.18. The van der Waals surface area contributed by atoms with Crippen LogP contribution >= 0.6 is 11.8 Å². The van der Waals surface area contributed by atoms with Crippen LogP contribution in [0.3, 0.4) is 0 Å². The number of nitrogens with one attached hydrogen (secondary N) is 2. The first-order valence-corrected chi connectivity index (χ1v) is 6.95. The number of rotatable bonds is 8. The average Bonchev–Trinajstić information content (AvgIpc) is 3.04. The van der Waals surface area contributed by atoms with E-state index < -0.39 is 0 Å². The molecule has 2 N–H and O–H groups in total. The Labute approximate surface area is 96.8 Å². The largest absolute Gasteiger partial charge is 0.355 e. The second-order valence-electron chi connectivity index (χ2n) is 4.19. The summed E-state index contributed by atoms with van der Waals surface area (Å²) in [6, 6.07) is 0.418. The van der Waals surface area contributed by atoms with Gasteiger partial charge in [-0.1, -0.05) is 6.92 Å². The lowest BCUT2D eigenvalue weighted by Gasteiger charge is -2.12. The normalized spacial score (nSPS) is 17.5. The first-order valence-electron chi connectivity index (χ1n) is 5.80. The van der Waals surface area contributed by atoms with E-state index in [0.29, 0.717) is 12.6 Å². The predicted octanol–water partition coefficient (Wildman–Crippen LogP) is 1.24. The zero-order valence-electron chi connectivity index (χ0n) is 9.71. The second-order valence-corrected chi connectivity index (χ2v) is 5.51. The van der Waals surface area contributed by atoms with Crippen molar-refractivity contribution in [1.29, 1.82) is 0 Å². The van der Waals surface area contributed by atoms with Crippen LogP contribution in [-0.4, -0.2) is 36.5 Å². The van der Waals surface area contributed by atoms with Crippen molar-refractivity contribution >= 4 is 17.7 Å². The quantitative estimate of drug-likeness (QED) is 0.659. The Hall–Kier alpha value is -0.220. The first kappa shape index (κ1) is 12.8. The third-order valence-corrected chi connectivity index (χ3v) is 3.61. The standard InChI is InChI=1S/C11H22N2OS/c1-3-15-8-9(2)12-7-11(14)13-6-10-4-5-10/h9-10,12H,3-8H2,1-2H3,(H,13,14). The van der Waals surface area contributed by atoms with Gasteiger partial charge in [-0.25, -0.2) is 0 Å². The minimum absolute atomic E-state index is 0.134. The molecule has 0 bridgehead atoms. The lowest BCUT2D eigenvalue weighted by Crippen LogP contribution is -2.39. The number of hydrogen-bond acceptors (Lipinski definition) is 3. The lowest BCUT2D eigenvalue weighted by molar-refractivity contribution is -0.120. The van der Waals surface area contributed by atoms with Crippen molar-refractivity contribution in [2.24, 2.45) is 5.92 Å². The second kappa shape index (κ2) is 7.12. The first-order chi connectivity index (χ1) is 7.22. The third-order valence-electron chi connectivity index (χ3n) is 2.47. The molecule has 1 saturated carbocycles. The van der Waals surface area contributed by atoms with Crippen molar-refractivity contribution in [2.75, 3.05) is 24.6 Å². The fraction of sp³-hybridized carbons (Fsp3) is 0.909. The van der Waals surface area contributed by atoms with E-state index in [1.165, 1.54) is 12.8 Å². The summed E-state index contributed by atoms with van der Waals surface area (Å²) in [7, 11) is 0. The van der Waals surface area contributed by atoms with Crippen LogP contribution in [0, 0.1) is 5.92 Å². The van der Waals surface area contributed by atoms with Gasteiger partial charge in [-0.15, -0.1) is 0 Å². The molecule has 15 heavy (non-hydrogen) atoms. The van der Waals surface area contributed by atoms with Crippen LogP contribution in [0.15, 0.2) is 0 Å². The predicted molar refractivity (Wildman–Crippen MR) is 66.2 cm³/mol. The molecule has 88 valence electrons. The molecule has 0 heterocycles. The van der Waals surface area contributed by atoms with Gasteiger partial charge < -0.3 is 10.6 Å². The van der Waals surface area contributed by atoms with Gasteiger partial charge in [0.1, 0.15) is 0 Å². The fourth-order valence-corrected chi connectivity index (χ4v) is 1.97. The van der Waals surface area contributed by atoms with Crippen molar-refractivity contribution in [3.63, 3.8) is 0 Å². The molecule has 1 aliphatic rings. The number of amides is 1. The number of thioether (sulfide) groups is 1.